The Hall–Kier alpha value is -3.41. The maximum absolute atomic E-state index is 13.0. The Morgan fingerprint density at radius 3 is 2.81 bits per heavy atom. The average Bonchev–Trinajstić information content (AvgIpc) is 2.91. The monoisotopic (exact) mass is 361 g/mol. The van der Waals surface area contributed by atoms with Gasteiger partial charge in [0.15, 0.2) is 11.5 Å². The molecule has 0 unspecified atom stereocenters. The first-order valence-corrected chi connectivity index (χ1v) is 8.73. The second kappa shape index (κ2) is 7.07. The van der Waals surface area contributed by atoms with Crippen molar-refractivity contribution in [2.75, 3.05) is 13.2 Å². The molecule has 0 saturated heterocycles. The molecule has 0 radical (unpaired) electrons. The summed E-state index contributed by atoms with van der Waals surface area (Å²) >= 11 is 0. The zero-order chi connectivity index (χ0) is 18.8. The van der Waals surface area contributed by atoms with Gasteiger partial charge in [-0.25, -0.2) is 0 Å². The van der Waals surface area contributed by atoms with Gasteiger partial charge in [0, 0.05) is 36.3 Å². The Balaban J connectivity index is 1.70. The van der Waals surface area contributed by atoms with Gasteiger partial charge in [0.05, 0.1) is 6.54 Å². The number of aromatic hydroxyl groups is 1. The van der Waals surface area contributed by atoms with Gasteiger partial charge in [0.25, 0.3) is 5.91 Å². The number of carbonyl (C=O) groups excluding carboxylic acids is 1. The molecule has 27 heavy (non-hydrogen) atoms. The van der Waals surface area contributed by atoms with Crippen LogP contribution < -0.4 is 4.74 Å². The van der Waals surface area contributed by atoms with Crippen LogP contribution in [0, 0.1) is 6.92 Å². The van der Waals surface area contributed by atoms with Crippen LogP contribution in [0.1, 0.15) is 21.6 Å². The molecular weight excluding hydrogens is 342 g/mol. The number of ether oxygens (including phenoxy) is 1. The van der Waals surface area contributed by atoms with E-state index in [4.69, 9.17) is 4.74 Å². The van der Waals surface area contributed by atoms with Crippen molar-refractivity contribution in [2.45, 2.75) is 13.5 Å². The highest BCUT2D eigenvalue weighted by Crippen LogP contribution is 2.37. The zero-order valence-electron chi connectivity index (χ0n) is 14.9. The van der Waals surface area contributed by atoms with Gasteiger partial charge in [0.2, 0.25) is 0 Å². The summed E-state index contributed by atoms with van der Waals surface area (Å²) < 4.78 is 5.74. The number of carbonyl (C=O) groups is 1. The number of phenolic OH excluding ortho intramolecular Hbond substituents is 1. The predicted molar refractivity (Wildman–Crippen MR) is 101 cm³/mol. The van der Waals surface area contributed by atoms with Crippen molar-refractivity contribution in [2.24, 2.45) is 0 Å². The normalized spacial score (nSPS) is 13.4. The molecule has 2 aromatic heterocycles. The van der Waals surface area contributed by atoms with Gasteiger partial charge in [-0.3, -0.25) is 14.8 Å². The number of fused-ring (bicyclic) bond motifs is 1. The second-order valence-electron chi connectivity index (χ2n) is 6.47. The Morgan fingerprint density at radius 2 is 2.04 bits per heavy atom. The van der Waals surface area contributed by atoms with Crippen LogP contribution >= 0.6 is 0 Å². The third-order valence-corrected chi connectivity index (χ3v) is 4.61. The van der Waals surface area contributed by atoms with Crippen molar-refractivity contribution in [3.8, 4) is 22.6 Å². The quantitative estimate of drug-likeness (QED) is 0.759. The number of rotatable bonds is 2. The van der Waals surface area contributed by atoms with E-state index in [1.807, 2.05) is 37.3 Å². The maximum atomic E-state index is 13.0. The number of aromatic nitrogens is 2. The summed E-state index contributed by atoms with van der Waals surface area (Å²) in [5.74, 6) is 0.348. The lowest BCUT2D eigenvalue weighted by Crippen LogP contribution is -2.33. The van der Waals surface area contributed by atoms with Gasteiger partial charge >= 0.3 is 0 Å². The minimum atomic E-state index is -0.143. The molecular formula is C21H19N3O3. The summed E-state index contributed by atoms with van der Waals surface area (Å²) in [5.41, 5.74) is 3.74. The molecule has 3 heterocycles. The van der Waals surface area contributed by atoms with Crippen LogP contribution in [-0.2, 0) is 6.54 Å². The van der Waals surface area contributed by atoms with Gasteiger partial charge in [-0.15, -0.1) is 0 Å². The van der Waals surface area contributed by atoms with Crippen LogP contribution in [-0.4, -0.2) is 39.0 Å². The topological polar surface area (TPSA) is 75.6 Å². The first-order chi connectivity index (χ1) is 13.1. The van der Waals surface area contributed by atoms with E-state index in [1.54, 1.807) is 29.6 Å². The Morgan fingerprint density at radius 1 is 1.19 bits per heavy atom. The van der Waals surface area contributed by atoms with E-state index in [0.717, 1.165) is 22.3 Å². The number of pyridine rings is 2. The van der Waals surface area contributed by atoms with E-state index in [2.05, 4.69) is 9.97 Å². The van der Waals surface area contributed by atoms with E-state index in [1.165, 1.54) is 0 Å². The lowest BCUT2D eigenvalue weighted by Gasteiger charge is -2.20. The lowest BCUT2D eigenvalue weighted by atomic mass is 10.0. The minimum Gasteiger partial charge on any atom is -0.504 e. The number of phenols is 1. The largest absolute Gasteiger partial charge is 0.504 e. The molecule has 6 heteroatoms. The first-order valence-electron chi connectivity index (χ1n) is 8.73. The number of aryl methyl sites for hydroxylation is 1. The van der Waals surface area contributed by atoms with E-state index < -0.39 is 0 Å². The molecule has 0 bridgehead atoms. The summed E-state index contributed by atoms with van der Waals surface area (Å²) in [6.07, 6.45) is 5.05. The van der Waals surface area contributed by atoms with Gasteiger partial charge in [0.1, 0.15) is 12.3 Å². The van der Waals surface area contributed by atoms with Crippen molar-refractivity contribution in [3.63, 3.8) is 0 Å². The number of hydrogen-bond acceptors (Lipinski definition) is 5. The molecule has 0 spiro atoms. The van der Waals surface area contributed by atoms with Crippen LogP contribution in [0.15, 0.2) is 55.0 Å². The standard InChI is InChI=1S/C21H19N3O3/c1-14-4-2-7-23-19(14)21(26)24-8-9-27-20-17(13-24)10-16(11-18(20)25)15-5-3-6-22-12-15/h2-7,10-12,25H,8-9,13H2,1H3. The molecule has 1 N–H and O–H groups in total. The molecule has 0 aliphatic carbocycles. The van der Waals surface area contributed by atoms with Gasteiger partial charge in [-0.05, 0) is 42.3 Å². The Labute approximate surface area is 157 Å². The fourth-order valence-electron chi connectivity index (χ4n) is 3.23. The minimum absolute atomic E-state index is 0.0645. The average molecular weight is 361 g/mol. The number of benzene rings is 1. The van der Waals surface area contributed by atoms with Gasteiger partial charge < -0.3 is 14.7 Å². The molecule has 136 valence electrons. The second-order valence-corrected chi connectivity index (χ2v) is 6.47. The van der Waals surface area contributed by atoms with Crippen LogP contribution in [0.3, 0.4) is 0 Å². The third-order valence-electron chi connectivity index (χ3n) is 4.61. The number of amides is 1. The Bertz CT molecular complexity index is 989. The highest BCUT2D eigenvalue weighted by atomic mass is 16.5. The summed E-state index contributed by atoms with van der Waals surface area (Å²) in [7, 11) is 0. The van der Waals surface area contributed by atoms with E-state index in [9.17, 15) is 9.90 Å². The predicted octanol–water partition coefficient (Wildman–Crippen LogP) is 3.19. The van der Waals surface area contributed by atoms with Crippen molar-refractivity contribution < 1.29 is 14.6 Å². The highest BCUT2D eigenvalue weighted by molar-refractivity contribution is 5.93. The van der Waals surface area contributed by atoms with Gasteiger partial charge in [-0.2, -0.15) is 0 Å². The van der Waals surface area contributed by atoms with Crippen molar-refractivity contribution >= 4 is 5.91 Å². The molecule has 0 atom stereocenters. The molecule has 0 saturated carbocycles. The number of hydrogen-bond donors (Lipinski definition) is 1. The summed E-state index contributed by atoms with van der Waals surface area (Å²) in [6, 6.07) is 11.0. The number of nitrogens with zero attached hydrogens (tertiary/aromatic N) is 3. The molecule has 3 aromatic rings. The lowest BCUT2D eigenvalue weighted by molar-refractivity contribution is 0.0726. The third kappa shape index (κ3) is 3.33. The van der Waals surface area contributed by atoms with E-state index in [0.29, 0.717) is 31.1 Å². The summed E-state index contributed by atoms with van der Waals surface area (Å²) in [5, 5.41) is 10.4. The van der Waals surface area contributed by atoms with Crippen LogP contribution in [0.2, 0.25) is 0 Å². The van der Waals surface area contributed by atoms with Crippen molar-refractivity contribution in [3.05, 3.63) is 71.8 Å². The summed E-state index contributed by atoms with van der Waals surface area (Å²) in [6.45, 7) is 2.94. The van der Waals surface area contributed by atoms with Crippen molar-refractivity contribution in [1.29, 1.82) is 0 Å². The molecule has 1 amide bonds. The van der Waals surface area contributed by atoms with E-state index in [-0.39, 0.29) is 11.7 Å². The highest BCUT2D eigenvalue weighted by Gasteiger charge is 2.25. The molecule has 1 aromatic carbocycles. The van der Waals surface area contributed by atoms with Gasteiger partial charge in [-0.1, -0.05) is 12.1 Å². The Kier molecular flexibility index (Phi) is 4.46. The molecule has 4 rings (SSSR count). The smallest absolute Gasteiger partial charge is 0.273 e. The summed E-state index contributed by atoms with van der Waals surface area (Å²) in [4.78, 5) is 23.0. The molecule has 1 aliphatic rings. The fourth-order valence-corrected chi connectivity index (χ4v) is 3.23. The first kappa shape index (κ1) is 17.0. The zero-order valence-corrected chi connectivity index (χ0v) is 14.9. The molecule has 6 nitrogen and oxygen atoms in total. The fraction of sp³-hybridized carbons (Fsp3) is 0.190. The van der Waals surface area contributed by atoms with Crippen LogP contribution in [0.25, 0.3) is 11.1 Å². The van der Waals surface area contributed by atoms with Crippen molar-refractivity contribution in [1.82, 2.24) is 14.9 Å². The molecule has 1 aliphatic heterocycles. The van der Waals surface area contributed by atoms with Crippen LogP contribution in [0.5, 0.6) is 11.5 Å². The SMILES string of the molecule is Cc1cccnc1C(=O)N1CCOc2c(O)cc(-c3cccnc3)cc2C1. The van der Waals surface area contributed by atoms with E-state index >= 15 is 0 Å². The molecule has 0 fully saturated rings. The van der Waals surface area contributed by atoms with Crippen LogP contribution in [0.4, 0.5) is 0 Å². The maximum Gasteiger partial charge on any atom is 0.273 e.